The zero-order chi connectivity index (χ0) is 14.4. The molecular formula is C14H25Cl2N3. The molecule has 0 spiro atoms. The van der Waals surface area contributed by atoms with Crippen molar-refractivity contribution in [3.05, 3.63) is 16.4 Å². The summed E-state index contributed by atoms with van der Waals surface area (Å²) in [5.41, 5.74) is 2.13. The first-order valence-corrected chi connectivity index (χ1v) is 8.00. The standard InChI is InChI=1S/C14H25Cl2N3/c1-5-12-14(16)13(19(6-2)17-12)10-18(11(3)4)9-7-8-15/h11H,5-10H2,1-4H3. The van der Waals surface area contributed by atoms with E-state index in [1.807, 2.05) is 4.68 Å². The minimum atomic E-state index is 0.476. The highest BCUT2D eigenvalue weighted by Crippen LogP contribution is 2.23. The van der Waals surface area contributed by atoms with Gasteiger partial charge in [-0.2, -0.15) is 5.10 Å². The zero-order valence-electron chi connectivity index (χ0n) is 12.4. The van der Waals surface area contributed by atoms with Crippen LogP contribution in [0.3, 0.4) is 0 Å². The van der Waals surface area contributed by atoms with Crippen LogP contribution >= 0.6 is 23.2 Å². The Morgan fingerprint density at radius 3 is 2.47 bits per heavy atom. The molecule has 3 nitrogen and oxygen atoms in total. The second-order valence-corrected chi connectivity index (χ2v) is 5.74. The van der Waals surface area contributed by atoms with Crippen molar-refractivity contribution in [1.82, 2.24) is 14.7 Å². The van der Waals surface area contributed by atoms with Gasteiger partial charge >= 0.3 is 0 Å². The highest BCUT2D eigenvalue weighted by atomic mass is 35.5. The maximum Gasteiger partial charge on any atom is 0.0863 e. The predicted octanol–water partition coefficient (Wildman–Crippen LogP) is 3.96. The largest absolute Gasteiger partial charge is 0.295 e. The SMILES string of the molecule is CCc1nn(CC)c(CN(CCCCl)C(C)C)c1Cl. The van der Waals surface area contributed by atoms with Crippen LogP contribution in [-0.4, -0.2) is 33.1 Å². The summed E-state index contributed by atoms with van der Waals surface area (Å²) in [4.78, 5) is 2.40. The molecule has 1 aromatic heterocycles. The molecule has 0 aliphatic rings. The molecule has 0 atom stereocenters. The number of hydrogen-bond donors (Lipinski definition) is 0. The van der Waals surface area contributed by atoms with E-state index in [0.29, 0.717) is 11.9 Å². The summed E-state index contributed by atoms with van der Waals surface area (Å²) in [6.07, 6.45) is 1.88. The maximum absolute atomic E-state index is 6.46. The van der Waals surface area contributed by atoms with E-state index < -0.39 is 0 Å². The molecule has 0 saturated heterocycles. The smallest absolute Gasteiger partial charge is 0.0863 e. The number of halogens is 2. The van der Waals surface area contributed by atoms with Gasteiger partial charge in [-0.05, 0) is 40.2 Å². The van der Waals surface area contributed by atoms with Crippen molar-refractivity contribution in [1.29, 1.82) is 0 Å². The Bertz CT molecular complexity index is 388. The minimum Gasteiger partial charge on any atom is -0.295 e. The van der Waals surface area contributed by atoms with Crippen LogP contribution in [0.4, 0.5) is 0 Å². The molecule has 1 aromatic rings. The molecule has 0 radical (unpaired) electrons. The molecule has 1 heterocycles. The van der Waals surface area contributed by atoms with E-state index in [4.69, 9.17) is 23.2 Å². The van der Waals surface area contributed by atoms with Gasteiger partial charge in [-0.3, -0.25) is 9.58 Å². The number of rotatable bonds is 8. The van der Waals surface area contributed by atoms with Gasteiger partial charge in [0.05, 0.1) is 16.4 Å². The first-order valence-electron chi connectivity index (χ1n) is 7.09. The van der Waals surface area contributed by atoms with Crippen LogP contribution in [0.25, 0.3) is 0 Å². The second kappa shape index (κ2) is 8.13. The molecule has 0 aliphatic heterocycles. The monoisotopic (exact) mass is 305 g/mol. The second-order valence-electron chi connectivity index (χ2n) is 4.98. The van der Waals surface area contributed by atoms with E-state index in [1.165, 1.54) is 0 Å². The summed E-state index contributed by atoms with van der Waals surface area (Å²) in [6.45, 7) is 11.3. The Balaban J connectivity index is 2.91. The molecule has 0 saturated carbocycles. The van der Waals surface area contributed by atoms with Crippen LogP contribution in [0.2, 0.25) is 5.02 Å². The lowest BCUT2D eigenvalue weighted by molar-refractivity contribution is 0.207. The molecule has 0 aromatic carbocycles. The molecule has 0 aliphatic carbocycles. The fraction of sp³-hybridized carbons (Fsp3) is 0.786. The average Bonchev–Trinajstić information content (AvgIpc) is 2.70. The van der Waals surface area contributed by atoms with Crippen LogP contribution in [0.5, 0.6) is 0 Å². The Morgan fingerprint density at radius 2 is 2.00 bits per heavy atom. The quantitative estimate of drug-likeness (QED) is 0.678. The average molecular weight is 306 g/mol. The minimum absolute atomic E-state index is 0.476. The molecule has 0 N–H and O–H groups in total. The van der Waals surface area contributed by atoms with Crippen molar-refractivity contribution in [3.8, 4) is 0 Å². The van der Waals surface area contributed by atoms with Crippen molar-refractivity contribution in [2.75, 3.05) is 12.4 Å². The Morgan fingerprint density at radius 1 is 1.32 bits per heavy atom. The third kappa shape index (κ3) is 4.37. The molecule has 0 unspecified atom stereocenters. The summed E-state index contributed by atoms with van der Waals surface area (Å²) >= 11 is 12.3. The Kier molecular flexibility index (Phi) is 7.19. The topological polar surface area (TPSA) is 21.1 Å². The van der Waals surface area contributed by atoms with Crippen LogP contribution < -0.4 is 0 Å². The van der Waals surface area contributed by atoms with E-state index in [9.17, 15) is 0 Å². The molecule has 110 valence electrons. The summed E-state index contributed by atoms with van der Waals surface area (Å²) in [7, 11) is 0. The first kappa shape index (κ1) is 16.8. The molecule has 5 heteroatoms. The highest BCUT2D eigenvalue weighted by Gasteiger charge is 2.18. The fourth-order valence-electron chi connectivity index (χ4n) is 2.14. The number of hydrogen-bond acceptors (Lipinski definition) is 2. The van der Waals surface area contributed by atoms with Gasteiger partial charge in [-0.15, -0.1) is 11.6 Å². The molecular weight excluding hydrogens is 281 g/mol. The molecule has 19 heavy (non-hydrogen) atoms. The number of alkyl halides is 1. The van der Waals surface area contributed by atoms with E-state index in [-0.39, 0.29) is 0 Å². The van der Waals surface area contributed by atoms with Crippen LogP contribution in [0.1, 0.15) is 45.5 Å². The van der Waals surface area contributed by atoms with E-state index in [2.05, 4.69) is 37.7 Å². The Hall–Kier alpha value is -0.250. The van der Waals surface area contributed by atoms with Crippen molar-refractivity contribution in [3.63, 3.8) is 0 Å². The first-order chi connectivity index (χ1) is 9.04. The molecule has 0 amide bonds. The van der Waals surface area contributed by atoms with Gasteiger partial charge in [0.25, 0.3) is 0 Å². The molecule has 0 fully saturated rings. The van der Waals surface area contributed by atoms with Crippen LogP contribution in [-0.2, 0) is 19.5 Å². The maximum atomic E-state index is 6.46. The van der Waals surface area contributed by atoms with Gasteiger partial charge in [0, 0.05) is 25.0 Å². The zero-order valence-corrected chi connectivity index (χ0v) is 13.9. The normalized spacial score (nSPS) is 11.8. The van der Waals surface area contributed by atoms with Gasteiger partial charge in [-0.25, -0.2) is 0 Å². The highest BCUT2D eigenvalue weighted by molar-refractivity contribution is 6.31. The van der Waals surface area contributed by atoms with Gasteiger partial charge in [0.1, 0.15) is 0 Å². The summed E-state index contributed by atoms with van der Waals surface area (Å²) in [5.74, 6) is 0.699. The van der Waals surface area contributed by atoms with E-state index >= 15 is 0 Å². The lowest BCUT2D eigenvalue weighted by Gasteiger charge is -2.26. The van der Waals surface area contributed by atoms with Crippen molar-refractivity contribution >= 4 is 23.2 Å². The number of aromatic nitrogens is 2. The van der Waals surface area contributed by atoms with Crippen LogP contribution in [0, 0.1) is 0 Å². The van der Waals surface area contributed by atoms with Gasteiger partial charge in [0.2, 0.25) is 0 Å². The van der Waals surface area contributed by atoms with Gasteiger partial charge in [-0.1, -0.05) is 18.5 Å². The van der Waals surface area contributed by atoms with E-state index in [0.717, 1.165) is 48.9 Å². The number of nitrogens with zero attached hydrogens (tertiary/aromatic N) is 3. The van der Waals surface area contributed by atoms with Crippen molar-refractivity contribution < 1.29 is 0 Å². The van der Waals surface area contributed by atoms with Gasteiger partial charge in [0.15, 0.2) is 0 Å². The summed E-state index contributed by atoms with van der Waals surface area (Å²) in [5, 5.41) is 5.41. The third-order valence-electron chi connectivity index (χ3n) is 3.36. The Labute approximate surface area is 126 Å². The summed E-state index contributed by atoms with van der Waals surface area (Å²) < 4.78 is 2.03. The van der Waals surface area contributed by atoms with Gasteiger partial charge < -0.3 is 0 Å². The lowest BCUT2D eigenvalue weighted by atomic mass is 10.2. The lowest BCUT2D eigenvalue weighted by Crippen LogP contribution is -2.32. The third-order valence-corrected chi connectivity index (χ3v) is 4.06. The molecule has 1 rings (SSSR count). The summed E-state index contributed by atoms with van der Waals surface area (Å²) in [6, 6.07) is 0.476. The van der Waals surface area contributed by atoms with Crippen LogP contribution in [0.15, 0.2) is 0 Å². The van der Waals surface area contributed by atoms with E-state index in [1.54, 1.807) is 0 Å². The van der Waals surface area contributed by atoms with Crippen molar-refractivity contribution in [2.45, 2.75) is 59.7 Å². The number of aryl methyl sites for hydroxylation is 2. The molecule has 0 bridgehead atoms. The fourth-order valence-corrected chi connectivity index (χ4v) is 2.59. The van der Waals surface area contributed by atoms with Crippen molar-refractivity contribution in [2.24, 2.45) is 0 Å². The predicted molar refractivity (Wildman–Crippen MR) is 83.2 cm³/mol.